The van der Waals surface area contributed by atoms with Crippen LogP contribution in [0.3, 0.4) is 0 Å². The van der Waals surface area contributed by atoms with Crippen molar-refractivity contribution in [2.75, 3.05) is 6.54 Å². The summed E-state index contributed by atoms with van der Waals surface area (Å²) in [5.74, 6) is 0.623. The molecule has 1 N–H and O–H groups in total. The Balaban J connectivity index is 2.28. The summed E-state index contributed by atoms with van der Waals surface area (Å²) in [6, 6.07) is 2.04. The van der Waals surface area contributed by atoms with E-state index < -0.39 is 0 Å². The van der Waals surface area contributed by atoms with Crippen molar-refractivity contribution in [1.82, 2.24) is 20.1 Å². The molecule has 0 aliphatic carbocycles. The molecule has 0 unspecified atom stereocenters. The second-order valence-corrected chi connectivity index (χ2v) is 5.89. The maximum atomic E-state index is 6.10. The highest BCUT2D eigenvalue weighted by atomic mass is 35.5. The van der Waals surface area contributed by atoms with Gasteiger partial charge in [-0.25, -0.2) is 4.68 Å². The molecule has 0 radical (unpaired) electrons. The van der Waals surface area contributed by atoms with Gasteiger partial charge in [-0.15, -0.1) is 0 Å². The minimum atomic E-state index is 0.623. The van der Waals surface area contributed by atoms with Crippen LogP contribution in [0, 0.1) is 19.8 Å². The number of hydrogen-bond donors (Lipinski definition) is 1. The third-order valence-electron chi connectivity index (χ3n) is 3.05. The minimum absolute atomic E-state index is 0.623. The minimum Gasteiger partial charge on any atom is -0.312 e. The molecule has 0 aliphatic heterocycles. The fraction of sp³-hybridized carbons (Fsp3) is 0.467. The summed E-state index contributed by atoms with van der Waals surface area (Å²) in [6.07, 6.45) is 3.75. The highest BCUT2D eigenvalue weighted by Gasteiger charge is 2.10. The standard InChI is InChI=1S/C15H21ClN4/c1-10(2)6-17-7-13-8-18-11(3)5-15(13)20-9-14(16)12(4)19-20/h5,8-10,17H,6-7H2,1-4H3. The molecule has 0 saturated heterocycles. The Morgan fingerprint density at radius 3 is 2.70 bits per heavy atom. The van der Waals surface area contributed by atoms with E-state index in [-0.39, 0.29) is 0 Å². The molecule has 0 aliphatic rings. The lowest BCUT2D eigenvalue weighted by Crippen LogP contribution is -2.20. The van der Waals surface area contributed by atoms with Gasteiger partial charge in [0.25, 0.3) is 0 Å². The SMILES string of the molecule is Cc1cc(-n2cc(Cl)c(C)n2)c(CNCC(C)C)cn1. The lowest BCUT2D eigenvalue weighted by Gasteiger charge is -2.12. The van der Waals surface area contributed by atoms with Gasteiger partial charge in [0.2, 0.25) is 0 Å². The van der Waals surface area contributed by atoms with Crippen LogP contribution < -0.4 is 5.32 Å². The van der Waals surface area contributed by atoms with Crippen LogP contribution >= 0.6 is 11.6 Å². The van der Waals surface area contributed by atoms with Crippen LogP contribution in [0.4, 0.5) is 0 Å². The number of hydrogen-bond acceptors (Lipinski definition) is 3. The highest BCUT2D eigenvalue weighted by molar-refractivity contribution is 6.31. The molecule has 0 fully saturated rings. The molecule has 0 atom stereocenters. The Morgan fingerprint density at radius 1 is 1.35 bits per heavy atom. The van der Waals surface area contributed by atoms with E-state index in [0.717, 1.165) is 35.7 Å². The number of pyridine rings is 1. The first-order chi connectivity index (χ1) is 9.47. The van der Waals surface area contributed by atoms with Crippen LogP contribution in [-0.4, -0.2) is 21.3 Å². The zero-order valence-electron chi connectivity index (χ0n) is 12.4. The number of aromatic nitrogens is 3. The molecular formula is C15H21ClN4. The molecule has 4 nitrogen and oxygen atoms in total. The van der Waals surface area contributed by atoms with Crippen molar-refractivity contribution in [1.29, 1.82) is 0 Å². The van der Waals surface area contributed by atoms with Crippen LogP contribution in [-0.2, 0) is 6.54 Å². The molecule has 0 amide bonds. The van der Waals surface area contributed by atoms with Gasteiger partial charge in [-0.1, -0.05) is 25.4 Å². The molecule has 0 saturated carbocycles. The maximum Gasteiger partial charge on any atom is 0.0819 e. The van der Waals surface area contributed by atoms with E-state index in [2.05, 4.69) is 29.2 Å². The third-order valence-corrected chi connectivity index (χ3v) is 3.42. The summed E-state index contributed by atoms with van der Waals surface area (Å²) >= 11 is 6.10. The molecule has 2 aromatic rings. The van der Waals surface area contributed by atoms with Crippen LogP contribution in [0.1, 0.15) is 30.8 Å². The van der Waals surface area contributed by atoms with Crippen LogP contribution in [0.2, 0.25) is 5.02 Å². The number of halogens is 1. The Kier molecular flexibility index (Phi) is 4.78. The van der Waals surface area contributed by atoms with Gasteiger partial charge in [-0.05, 0) is 32.4 Å². The summed E-state index contributed by atoms with van der Waals surface area (Å²) in [4.78, 5) is 4.38. The van der Waals surface area contributed by atoms with Crippen molar-refractivity contribution >= 4 is 11.6 Å². The lowest BCUT2D eigenvalue weighted by molar-refractivity contribution is 0.550. The van der Waals surface area contributed by atoms with Crippen molar-refractivity contribution < 1.29 is 0 Å². The van der Waals surface area contributed by atoms with Crippen molar-refractivity contribution in [3.63, 3.8) is 0 Å². The lowest BCUT2D eigenvalue weighted by atomic mass is 10.2. The highest BCUT2D eigenvalue weighted by Crippen LogP contribution is 2.19. The van der Waals surface area contributed by atoms with Gasteiger partial charge in [0.1, 0.15) is 0 Å². The fourth-order valence-corrected chi connectivity index (χ4v) is 2.11. The van der Waals surface area contributed by atoms with Gasteiger partial charge in [0.05, 0.1) is 16.4 Å². The first-order valence-corrected chi connectivity index (χ1v) is 7.23. The molecule has 20 heavy (non-hydrogen) atoms. The van der Waals surface area contributed by atoms with Crippen LogP contribution in [0.25, 0.3) is 5.69 Å². The molecular weight excluding hydrogens is 272 g/mol. The predicted molar refractivity (Wildman–Crippen MR) is 82.4 cm³/mol. The van der Waals surface area contributed by atoms with E-state index in [1.807, 2.05) is 37.0 Å². The topological polar surface area (TPSA) is 42.7 Å². The Hall–Kier alpha value is -1.39. The summed E-state index contributed by atoms with van der Waals surface area (Å²) in [6.45, 7) is 10.0. The molecule has 2 rings (SSSR count). The molecule has 0 aromatic carbocycles. The first-order valence-electron chi connectivity index (χ1n) is 6.85. The number of nitrogens with one attached hydrogen (secondary N) is 1. The van der Waals surface area contributed by atoms with Gasteiger partial charge in [-0.2, -0.15) is 5.10 Å². The number of nitrogens with zero attached hydrogens (tertiary/aromatic N) is 3. The summed E-state index contributed by atoms with van der Waals surface area (Å²) in [5.41, 5.74) is 3.96. The Morgan fingerprint density at radius 2 is 2.10 bits per heavy atom. The zero-order chi connectivity index (χ0) is 14.7. The van der Waals surface area contributed by atoms with Gasteiger partial charge in [0.15, 0.2) is 0 Å². The quantitative estimate of drug-likeness (QED) is 0.919. The van der Waals surface area contributed by atoms with Crippen molar-refractivity contribution in [3.05, 3.63) is 40.4 Å². The smallest absolute Gasteiger partial charge is 0.0819 e. The molecule has 2 aromatic heterocycles. The Bertz CT molecular complexity index is 570. The van der Waals surface area contributed by atoms with Crippen molar-refractivity contribution in [2.45, 2.75) is 34.2 Å². The maximum absolute atomic E-state index is 6.10. The second-order valence-electron chi connectivity index (χ2n) is 5.49. The molecule has 0 spiro atoms. The molecule has 0 bridgehead atoms. The van der Waals surface area contributed by atoms with E-state index in [4.69, 9.17) is 11.6 Å². The zero-order valence-corrected chi connectivity index (χ0v) is 13.2. The van der Waals surface area contributed by atoms with Gasteiger partial charge < -0.3 is 5.32 Å². The van der Waals surface area contributed by atoms with Gasteiger partial charge in [-0.3, -0.25) is 4.98 Å². The van der Waals surface area contributed by atoms with Gasteiger partial charge >= 0.3 is 0 Å². The second kappa shape index (κ2) is 6.37. The number of rotatable bonds is 5. The van der Waals surface area contributed by atoms with Crippen LogP contribution in [0.15, 0.2) is 18.5 Å². The fourth-order valence-electron chi connectivity index (χ4n) is 1.98. The van der Waals surface area contributed by atoms with Crippen LogP contribution in [0.5, 0.6) is 0 Å². The summed E-state index contributed by atoms with van der Waals surface area (Å²) < 4.78 is 1.83. The molecule has 5 heteroatoms. The monoisotopic (exact) mass is 292 g/mol. The average molecular weight is 293 g/mol. The van der Waals surface area contributed by atoms with E-state index in [1.54, 1.807) is 0 Å². The Labute approximate surface area is 125 Å². The van der Waals surface area contributed by atoms with Gasteiger partial charge in [0, 0.05) is 30.2 Å². The number of aryl methyl sites for hydroxylation is 2. The normalized spacial score (nSPS) is 11.3. The predicted octanol–water partition coefficient (Wildman–Crippen LogP) is 3.28. The van der Waals surface area contributed by atoms with E-state index >= 15 is 0 Å². The third kappa shape index (κ3) is 3.58. The molecule has 108 valence electrons. The van der Waals surface area contributed by atoms with E-state index in [1.165, 1.54) is 0 Å². The van der Waals surface area contributed by atoms with Crippen molar-refractivity contribution in [3.8, 4) is 5.69 Å². The van der Waals surface area contributed by atoms with E-state index in [0.29, 0.717) is 10.9 Å². The summed E-state index contributed by atoms with van der Waals surface area (Å²) in [5, 5.41) is 8.57. The largest absolute Gasteiger partial charge is 0.312 e. The first kappa shape index (κ1) is 15.0. The van der Waals surface area contributed by atoms with Crippen molar-refractivity contribution in [2.24, 2.45) is 5.92 Å². The summed E-state index contributed by atoms with van der Waals surface area (Å²) in [7, 11) is 0. The average Bonchev–Trinajstić information content (AvgIpc) is 2.71. The molecule has 2 heterocycles. The van der Waals surface area contributed by atoms with E-state index in [9.17, 15) is 0 Å².